The van der Waals surface area contributed by atoms with E-state index in [1.54, 1.807) is 6.08 Å². The lowest BCUT2D eigenvalue weighted by molar-refractivity contribution is -0.116. The maximum Gasteiger partial charge on any atom is 0.243 e. The van der Waals surface area contributed by atoms with E-state index >= 15 is 0 Å². The lowest BCUT2D eigenvalue weighted by Gasteiger charge is -2.05. The van der Waals surface area contributed by atoms with Gasteiger partial charge in [-0.05, 0) is 36.7 Å². The summed E-state index contributed by atoms with van der Waals surface area (Å²) in [5.74, 6) is 7.76. The highest BCUT2D eigenvalue weighted by molar-refractivity contribution is 5.87. The zero-order valence-corrected chi connectivity index (χ0v) is 11.1. The molecule has 0 aromatic carbocycles. The molecule has 0 radical (unpaired) electrons. The monoisotopic (exact) mass is 247 g/mol. The third kappa shape index (κ3) is 10.8. The molecule has 0 saturated carbocycles. The van der Waals surface area contributed by atoms with Crippen molar-refractivity contribution in [2.75, 3.05) is 6.54 Å². The van der Waals surface area contributed by atoms with Gasteiger partial charge in [-0.15, -0.1) is 6.42 Å². The fourth-order valence-electron chi connectivity index (χ4n) is 1.17. The highest BCUT2D eigenvalue weighted by Gasteiger charge is 2.01. The Morgan fingerprint density at radius 2 is 2.22 bits per heavy atom. The van der Waals surface area contributed by atoms with Crippen molar-refractivity contribution in [3.05, 3.63) is 12.2 Å². The summed E-state index contributed by atoms with van der Waals surface area (Å²) in [6, 6.07) is 0. The molecular weight excluding hydrogens is 226 g/mol. The predicted octanol–water partition coefficient (Wildman–Crippen LogP) is 1.48. The fourth-order valence-corrected chi connectivity index (χ4v) is 1.17. The standard InChI is InChI=1S/C15H21NO2/c1-4-5-6-7-9-14(17)10-8-11-15(18)16-12-13(2)3/h1,8,11,13-14,17H,7,9-10,12H2,2-3H3,(H,16,18)/b11-8+. The van der Waals surface area contributed by atoms with Gasteiger partial charge in [-0.3, -0.25) is 4.79 Å². The molecular formula is C15H21NO2. The van der Waals surface area contributed by atoms with Crippen molar-refractivity contribution < 1.29 is 9.90 Å². The van der Waals surface area contributed by atoms with Crippen molar-refractivity contribution in [1.29, 1.82) is 0 Å². The van der Waals surface area contributed by atoms with Gasteiger partial charge in [0.05, 0.1) is 6.10 Å². The Morgan fingerprint density at radius 1 is 1.50 bits per heavy atom. The first kappa shape index (κ1) is 16.3. The Hall–Kier alpha value is -1.71. The van der Waals surface area contributed by atoms with Gasteiger partial charge in [-0.25, -0.2) is 0 Å². The maximum atomic E-state index is 11.3. The van der Waals surface area contributed by atoms with Gasteiger partial charge in [0, 0.05) is 13.0 Å². The molecule has 0 fully saturated rings. The van der Waals surface area contributed by atoms with Crippen LogP contribution in [0.1, 0.15) is 33.1 Å². The van der Waals surface area contributed by atoms with Crippen molar-refractivity contribution in [3.63, 3.8) is 0 Å². The average molecular weight is 247 g/mol. The fraction of sp³-hybridized carbons (Fsp3) is 0.533. The molecule has 0 aromatic rings. The Bertz CT molecular complexity index is 366. The molecule has 0 saturated heterocycles. The second kappa shape index (κ2) is 10.4. The molecule has 0 aromatic heterocycles. The number of terminal acetylenes is 1. The molecule has 2 N–H and O–H groups in total. The average Bonchev–Trinajstić information content (AvgIpc) is 2.32. The number of nitrogens with one attached hydrogen (secondary N) is 1. The van der Waals surface area contributed by atoms with E-state index < -0.39 is 6.10 Å². The summed E-state index contributed by atoms with van der Waals surface area (Å²) in [6.07, 6.45) is 9.20. The zero-order valence-electron chi connectivity index (χ0n) is 11.1. The number of rotatable bonds is 7. The van der Waals surface area contributed by atoms with E-state index in [2.05, 4.69) is 23.1 Å². The second-order valence-corrected chi connectivity index (χ2v) is 4.42. The third-order valence-corrected chi connectivity index (χ3v) is 2.13. The quantitative estimate of drug-likeness (QED) is 0.529. The van der Waals surface area contributed by atoms with E-state index in [1.807, 2.05) is 13.8 Å². The van der Waals surface area contributed by atoms with Crippen LogP contribution in [0.25, 0.3) is 0 Å². The van der Waals surface area contributed by atoms with Gasteiger partial charge < -0.3 is 10.4 Å². The molecule has 18 heavy (non-hydrogen) atoms. The Balaban J connectivity index is 3.73. The number of aliphatic hydroxyl groups excluding tert-OH is 1. The summed E-state index contributed by atoms with van der Waals surface area (Å²) in [5, 5.41) is 12.3. The van der Waals surface area contributed by atoms with Crippen LogP contribution in [0.15, 0.2) is 12.2 Å². The normalized spacial score (nSPS) is 11.7. The molecule has 0 aliphatic rings. The summed E-state index contributed by atoms with van der Waals surface area (Å²) in [4.78, 5) is 11.3. The van der Waals surface area contributed by atoms with E-state index in [9.17, 15) is 9.90 Å². The Kier molecular flexibility index (Phi) is 9.45. The maximum absolute atomic E-state index is 11.3. The van der Waals surface area contributed by atoms with Gasteiger partial charge in [0.25, 0.3) is 0 Å². The molecule has 3 nitrogen and oxygen atoms in total. The largest absolute Gasteiger partial charge is 0.393 e. The summed E-state index contributed by atoms with van der Waals surface area (Å²) in [6.45, 7) is 4.73. The lowest BCUT2D eigenvalue weighted by Crippen LogP contribution is -2.25. The predicted molar refractivity (Wildman–Crippen MR) is 73.5 cm³/mol. The minimum Gasteiger partial charge on any atom is -0.393 e. The first-order valence-electron chi connectivity index (χ1n) is 6.12. The molecule has 0 aliphatic carbocycles. The van der Waals surface area contributed by atoms with Crippen molar-refractivity contribution in [1.82, 2.24) is 5.32 Å². The van der Waals surface area contributed by atoms with Crippen LogP contribution < -0.4 is 5.32 Å². The Morgan fingerprint density at radius 3 is 2.83 bits per heavy atom. The summed E-state index contributed by atoms with van der Waals surface area (Å²) in [7, 11) is 0. The molecule has 0 aliphatic heterocycles. The van der Waals surface area contributed by atoms with Gasteiger partial charge in [0.1, 0.15) is 0 Å². The lowest BCUT2D eigenvalue weighted by atomic mass is 10.1. The van der Waals surface area contributed by atoms with Crippen molar-refractivity contribution >= 4 is 5.91 Å². The summed E-state index contributed by atoms with van der Waals surface area (Å²) < 4.78 is 0. The van der Waals surface area contributed by atoms with Gasteiger partial charge >= 0.3 is 0 Å². The molecule has 1 amide bonds. The molecule has 1 atom stereocenters. The van der Waals surface area contributed by atoms with E-state index in [1.165, 1.54) is 6.08 Å². The first-order valence-corrected chi connectivity index (χ1v) is 6.12. The van der Waals surface area contributed by atoms with Crippen LogP contribution in [0.2, 0.25) is 0 Å². The van der Waals surface area contributed by atoms with Crippen molar-refractivity contribution in [2.24, 2.45) is 5.92 Å². The smallest absolute Gasteiger partial charge is 0.243 e. The highest BCUT2D eigenvalue weighted by atomic mass is 16.3. The second-order valence-electron chi connectivity index (χ2n) is 4.42. The van der Waals surface area contributed by atoms with E-state index in [-0.39, 0.29) is 5.91 Å². The molecule has 0 bridgehead atoms. The van der Waals surface area contributed by atoms with Crippen LogP contribution in [-0.4, -0.2) is 23.7 Å². The van der Waals surface area contributed by atoms with Gasteiger partial charge in [-0.1, -0.05) is 25.8 Å². The third-order valence-electron chi connectivity index (χ3n) is 2.13. The molecule has 0 rings (SSSR count). The van der Waals surface area contributed by atoms with Crippen LogP contribution in [0.5, 0.6) is 0 Å². The van der Waals surface area contributed by atoms with Gasteiger partial charge in [-0.2, -0.15) is 0 Å². The highest BCUT2D eigenvalue weighted by Crippen LogP contribution is 2.01. The molecule has 0 heterocycles. The van der Waals surface area contributed by atoms with Crippen LogP contribution in [0.3, 0.4) is 0 Å². The summed E-state index contributed by atoms with van der Waals surface area (Å²) >= 11 is 0. The molecule has 3 heteroatoms. The zero-order chi connectivity index (χ0) is 13.8. The van der Waals surface area contributed by atoms with Crippen LogP contribution in [-0.2, 0) is 4.79 Å². The van der Waals surface area contributed by atoms with E-state index in [0.717, 1.165) is 0 Å². The number of amides is 1. The molecule has 1 unspecified atom stereocenters. The first-order chi connectivity index (χ1) is 8.56. The Labute approximate surface area is 110 Å². The van der Waals surface area contributed by atoms with Crippen LogP contribution >= 0.6 is 0 Å². The molecule has 0 spiro atoms. The number of aliphatic hydroxyl groups is 1. The number of hydrogen-bond acceptors (Lipinski definition) is 2. The van der Waals surface area contributed by atoms with Gasteiger partial charge in [0.2, 0.25) is 5.91 Å². The van der Waals surface area contributed by atoms with E-state index in [4.69, 9.17) is 6.42 Å². The minimum atomic E-state index is -0.480. The van der Waals surface area contributed by atoms with Crippen LogP contribution in [0, 0.1) is 30.1 Å². The topological polar surface area (TPSA) is 49.3 Å². The minimum absolute atomic E-state index is 0.122. The summed E-state index contributed by atoms with van der Waals surface area (Å²) in [5.41, 5.74) is 0. The van der Waals surface area contributed by atoms with E-state index in [0.29, 0.717) is 31.7 Å². The van der Waals surface area contributed by atoms with Crippen molar-refractivity contribution in [2.45, 2.75) is 39.2 Å². The van der Waals surface area contributed by atoms with Gasteiger partial charge in [0.15, 0.2) is 0 Å². The van der Waals surface area contributed by atoms with Crippen LogP contribution in [0.4, 0.5) is 0 Å². The van der Waals surface area contributed by atoms with Crippen molar-refractivity contribution in [3.8, 4) is 24.2 Å². The number of carbonyl (C=O) groups is 1. The molecule has 98 valence electrons. The SMILES string of the molecule is C#CC#CCCC(O)C/C=C/C(=O)NCC(C)C. The number of hydrogen-bond donors (Lipinski definition) is 2. The number of carbonyl (C=O) groups excluding carboxylic acids is 1.